The van der Waals surface area contributed by atoms with Gasteiger partial charge in [0.05, 0.1) is 0 Å². The Morgan fingerprint density at radius 3 is 3.20 bits per heavy atom. The lowest BCUT2D eigenvalue weighted by atomic mass is 10.2. The lowest BCUT2D eigenvalue weighted by Crippen LogP contribution is -2.22. The van der Waals surface area contributed by atoms with Gasteiger partial charge in [-0.1, -0.05) is 13.0 Å². The van der Waals surface area contributed by atoms with Gasteiger partial charge in [0.15, 0.2) is 0 Å². The van der Waals surface area contributed by atoms with E-state index in [0.717, 1.165) is 25.9 Å². The number of rotatable bonds is 3. The molecule has 0 aliphatic carbocycles. The number of allylic oxidation sites excluding steroid dienone is 1. The predicted octanol–water partition coefficient (Wildman–Crippen LogP) is 1.34. The quantitative estimate of drug-likeness (QED) is 0.625. The van der Waals surface area contributed by atoms with Crippen LogP contribution in [0.1, 0.15) is 19.8 Å². The van der Waals surface area contributed by atoms with Crippen LogP contribution in [-0.2, 0) is 0 Å². The second kappa shape index (κ2) is 4.23. The van der Waals surface area contributed by atoms with E-state index in [4.69, 9.17) is 0 Å². The number of hydrogen-bond acceptors (Lipinski definition) is 2. The Labute approximate surface area is 62.0 Å². The van der Waals surface area contributed by atoms with Crippen LogP contribution in [0, 0.1) is 0 Å². The first-order valence-electron chi connectivity index (χ1n) is 3.84. The highest BCUT2D eigenvalue weighted by molar-refractivity contribution is 5.87. The van der Waals surface area contributed by atoms with E-state index in [-0.39, 0.29) is 0 Å². The van der Waals surface area contributed by atoms with Gasteiger partial charge in [-0.2, -0.15) is 0 Å². The van der Waals surface area contributed by atoms with Gasteiger partial charge in [-0.3, -0.25) is 4.99 Å². The molecule has 0 aromatic rings. The largest absolute Gasteiger partial charge is 0.312 e. The molecule has 2 heteroatoms. The second-order valence-electron chi connectivity index (χ2n) is 2.40. The summed E-state index contributed by atoms with van der Waals surface area (Å²) in [5, 5.41) is 3.25. The Kier molecular flexibility index (Phi) is 3.16. The van der Waals surface area contributed by atoms with Crippen LogP contribution in [0.15, 0.2) is 17.3 Å². The second-order valence-corrected chi connectivity index (χ2v) is 2.40. The molecular formula is C8H14N2. The predicted molar refractivity (Wildman–Crippen MR) is 44.4 cm³/mol. The standard InChI is InChI=1S/C8H14N2/c1-2-9-7-8-5-3-4-6-10-8/h4,6,9H,2-3,5,7H2,1H3. The lowest BCUT2D eigenvalue weighted by molar-refractivity contribution is 0.803. The van der Waals surface area contributed by atoms with Crippen molar-refractivity contribution in [3.05, 3.63) is 12.3 Å². The maximum Gasteiger partial charge on any atom is 0.0339 e. The third-order valence-corrected chi connectivity index (χ3v) is 1.54. The van der Waals surface area contributed by atoms with Crippen molar-refractivity contribution in [2.45, 2.75) is 19.8 Å². The average Bonchev–Trinajstić information content (AvgIpc) is 2.03. The Morgan fingerprint density at radius 1 is 1.70 bits per heavy atom. The Hall–Kier alpha value is -0.630. The van der Waals surface area contributed by atoms with Gasteiger partial charge in [0.25, 0.3) is 0 Å². The molecule has 2 nitrogen and oxygen atoms in total. The smallest absolute Gasteiger partial charge is 0.0339 e. The molecule has 0 atom stereocenters. The van der Waals surface area contributed by atoms with Crippen LogP contribution in [0.25, 0.3) is 0 Å². The molecule has 0 unspecified atom stereocenters. The minimum Gasteiger partial charge on any atom is -0.312 e. The molecular weight excluding hydrogens is 124 g/mol. The Bertz CT molecular complexity index is 147. The third kappa shape index (κ3) is 2.31. The fraction of sp³-hybridized carbons (Fsp3) is 0.625. The van der Waals surface area contributed by atoms with Crippen LogP contribution in [0.5, 0.6) is 0 Å². The number of aliphatic imine (C=N–C) groups is 1. The molecule has 1 rings (SSSR count). The van der Waals surface area contributed by atoms with Crippen LogP contribution in [0.3, 0.4) is 0 Å². The molecule has 10 heavy (non-hydrogen) atoms. The SMILES string of the molecule is CCNCC1=NC=CCC1. The van der Waals surface area contributed by atoms with E-state index in [0.29, 0.717) is 0 Å². The van der Waals surface area contributed by atoms with Crippen molar-refractivity contribution in [3.8, 4) is 0 Å². The topological polar surface area (TPSA) is 24.4 Å². The van der Waals surface area contributed by atoms with Gasteiger partial charge in [0, 0.05) is 18.5 Å². The molecule has 1 heterocycles. The normalized spacial score (nSPS) is 17.1. The first-order valence-corrected chi connectivity index (χ1v) is 3.84. The zero-order valence-electron chi connectivity index (χ0n) is 6.43. The molecule has 0 aromatic carbocycles. The molecule has 0 saturated heterocycles. The van der Waals surface area contributed by atoms with Crippen molar-refractivity contribution >= 4 is 5.71 Å². The van der Waals surface area contributed by atoms with Gasteiger partial charge in [-0.15, -0.1) is 0 Å². The highest BCUT2D eigenvalue weighted by atomic mass is 14.9. The van der Waals surface area contributed by atoms with Crippen molar-refractivity contribution in [2.75, 3.05) is 13.1 Å². The Balaban J connectivity index is 2.25. The van der Waals surface area contributed by atoms with E-state index in [1.807, 2.05) is 6.20 Å². The van der Waals surface area contributed by atoms with Crippen molar-refractivity contribution in [3.63, 3.8) is 0 Å². The van der Waals surface area contributed by atoms with E-state index in [1.54, 1.807) is 0 Å². The molecule has 0 spiro atoms. The summed E-state index contributed by atoms with van der Waals surface area (Å²) in [6.45, 7) is 4.10. The fourth-order valence-corrected chi connectivity index (χ4v) is 0.950. The van der Waals surface area contributed by atoms with Crippen LogP contribution in [0.2, 0.25) is 0 Å². The molecule has 0 fully saturated rings. The molecule has 0 bridgehead atoms. The minimum atomic E-state index is 0.959. The molecule has 1 N–H and O–H groups in total. The zero-order valence-corrected chi connectivity index (χ0v) is 6.43. The van der Waals surface area contributed by atoms with Gasteiger partial charge in [-0.05, 0) is 19.4 Å². The maximum absolute atomic E-state index is 4.24. The van der Waals surface area contributed by atoms with E-state index >= 15 is 0 Å². The first-order chi connectivity index (χ1) is 4.93. The van der Waals surface area contributed by atoms with Gasteiger partial charge in [0.2, 0.25) is 0 Å². The van der Waals surface area contributed by atoms with E-state index < -0.39 is 0 Å². The summed E-state index contributed by atoms with van der Waals surface area (Å²) >= 11 is 0. The summed E-state index contributed by atoms with van der Waals surface area (Å²) in [6, 6.07) is 0. The lowest BCUT2D eigenvalue weighted by Gasteiger charge is -2.06. The number of nitrogens with one attached hydrogen (secondary N) is 1. The van der Waals surface area contributed by atoms with Crippen molar-refractivity contribution in [1.29, 1.82) is 0 Å². The molecule has 56 valence electrons. The summed E-state index contributed by atoms with van der Waals surface area (Å²) in [5.74, 6) is 0. The molecule has 0 radical (unpaired) electrons. The minimum absolute atomic E-state index is 0.959. The average molecular weight is 138 g/mol. The van der Waals surface area contributed by atoms with Crippen LogP contribution >= 0.6 is 0 Å². The molecule has 0 saturated carbocycles. The van der Waals surface area contributed by atoms with Gasteiger partial charge < -0.3 is 5.32 Å². The highest BCUT2D eigenvalue weighted by Crippen LogP contribution is 2.01. The van der Waals surface area contributed by atoms with Gasteiger partial charge in [-0.25, -0.2) is 0 Å². The summed E-state index contributed by atoms with van der Waals surface area (Å²) in [5.41, 5.74) is 1.28. The van der Waals surface area contributed by atoms with E-state index in [2.05, 4.69) is 23.3 Å². The molecule has 1 aliphatic heterocycles. The van der Waals surface area contributed by atoms with E-state index in [1.165, 1.54) is 5.71 Å². The zero-order chi connectivity index (χ0) is 7.23. The number of nitrogens with zero attached hydrogens (tertiary/aromatic N) is 1. The highest BCUT2D eigenvalue weighted by Gasteiger charge is 1.98. The van der Waals surface area contributed by atoms with Crippen LogP contribution in [-0.4, -0.2) is 18.8 Å². The summed E-state index contributed by atoms with van der Waals surface area (Å²) in [4.78, 5) is 4.24. The Morgan fingerprint density at radius 2 is 2.60 bits per heavy atom. The maximum atomic E-state index is 4.24. The van der Waals surface area contributed by atoms with Crippen LogP contribution in [0.4, 0.5) is 0 Å². The molecule has 0 aromatic heterocycles. The van der Waals surface area contributed by atoms with Crippen molar-refractivity contribution in [2.24, 2.45) is 4.99 Å². The summed E-state index contributed by atoms with van der Waals surface area (Å²) < 4.78 is 0. The summed E-state index contributed by atoms with van der Waals surface area (Å²) in [6.07, 6.45) is 6.29. The van der Waals surface area contributed by atoms with Crippen LogP contribution < -0.4 is 5.32 Å². The summed E-state index contributed by atoms with van der Waals surface area (Å²) in [7, 11) is 0. The number of hydrogen-bond donors (Lipinski definition) is 1. The fourth-order valence-electron chi connectivity index (χ4n) is 0.950. The van der Waals surface area contributed by atoms with Gasteiger partial charge >= 0.3 is 0 Å². The molecule has 1 aliphatic rings. The van der Waals surface area contributed by atoms with Crippen molar-refractivity contribution in [1.82, 2.24) is 5.32 Å². The monoisotopic (exact) mass is 138 g/mol. The van der Waals surface area contributed by atoms with Gasteiger partial charge in [0.1, 0.15) is 0 Å². The van der Waals surface area contributed by atoms with Crippen molar-refractivity contribution < 1.29 is 0 Å². The van der Waals surface area contributed by atoms with E-state index in [9.17, 15) is 0 Å². The third-order valence-electron chi connectivity index (χ3n) is 1.54. The first kappa shape index (κ1) is 7.48. The molecule has 0 amide bonds.